The molecule has 0 heterocycles. The lowest BCUT2D eigenvalue weighted by molar-refractivity contribution is 0.0813. The van der Waals surface area contributed by atoms with E-state index < -0.39 is 12.1 Å². The van der Waals surface area contributed by atoms with Gasteiger partial charge in [0.15, 0.2) is 0 Å². The van der Waals surface area contributed by atoms with Gasteiger partial charge >= 0.3 is 0 Å². The van der Waals surface area contributed by atoms with Crippen LogP contribution in [0.25, 0.3) is 0 Å². The van der Waals surface area contributed by atoms with Crippen LogP contribution in [-0.2, 0) is 0 Å². The first-order chi connectivity index (χ1) is 7.07. The molecule has 0 aromatic heterocycles. The molecular formula is C13H29NO2. The number of aliphatic hydroxyl groups is 2. The van der Waals surface area contributed by atoms with Crippen LogP contribution in [0.1, 0.15) is 53.9 Å². The van der Waals surface area contributed by atoms with E-state index in [1.54, 1.807) is 0 Å². The Morgan fingerprint density at radius 2 is 1.62 bits per heavy atom. The Labute approximate surface area is 100 Å². The van der Waals surface area contributed by atoms with E-state index in [1.165, 1.54) is 0 Å². The van der Waals surface area contributed by atoms with E-state index in [-0.39, 0.29) is 12.0 Å². The lowest BCUT2D eigenvalue weighted by Gasteiger charge is -2.33. The van der Waals surface area contributed by atoms with Gasteiger partial charge in [-0.2, -0.15) is 0 Å². The molecule has 0 aromatic rings. The summed E-state index contributed by atoms with van der Waals surface area (Å²) in [6.45, 7) is 11.0. The highest BCUT2D eigenvalue weighted by Crippen LogP contribution is 2.36. The topological polar surface area (TPSA) is 66.5 Å². The van der Waals surface area contributed by atoms with Crippen molar-refractivity contribution in [3.05, 3.63) is 0 Å². The van der Waals surface area contributed by atoms with Crippen molar-refractivity contribution in [1.29, 1.82) is 0 Å². The summed E-state index contributed by atoms with van der Waals surface area (Å²) in [5.74, 6) is 0. The molecule has 0 aliphatic heterocycles. The molecule has 16 heavy (non-hydrogen) atoms. The van der Waals surface area contributed by atoms with Gasteiger partial charge in [-0.3, -0.25) is 0 Å². The third-order valence-electron chi connectivity index (χ3n) is 2.83. The van der Waals surface area contributed by atoms with Crippen LogP contribution in [-0.4, -0.2) is 29.0 Å². The van der Waals surface area contributed by atoms with E-state index in [9.17, 15) is 5.11 Å². The van der Waals surface area contributed by atoms with Gasteiger partial charge in [-0.25, -0.2) is 0 Å². The molecular weight excluding hydrogens is 202 g/mol. The van der Waals surface area contributed by atoms with Gasteiger partial charge in [0.2, 0.25) is 0 Å². The van der Waals surface area contributed by atoms with Gasteiger partial charge in [0.05, 0.1) is 18.8 Å². The first-order valence-corrected chi connectivity index (χ1v) is 6.12. The highest BCUT2D eigenvalue weighted by atomic mass is 16.3. The molecule has 0 saturated heterocycles. The fraction of sp³-hybridized carbons (Fsp3) is 1.00. The van der Waals surface area contributed by atoms with Crippen molar-refractivity contribution in [1.82, 2.24) is 0 Å². The van der Waals surface area contributed by atoms with E-state index in [0.29, 0.717) is 11.8 Å². The predicted octanol–water partition coefficient (Wildman–Crippen LogP) is 1.91. The molecule has 0 radical (unpaired) electrons. The van der Waals surface area contributed by atoms with Crippen molar-refractivity contribution in [2.24, 2.45) is 16.6 Å². The number of hydrogen-bond donors (Lipinski definition) is 3. The van der Waals surface area contributed by atoms with Gasteiger partial charge in [0.25, 0.3) is 0 Å². The van der Waals surface area contributed by atoms with Crippen LogP contribution in [0.4, 0.5) is 0 Å². The zero-order valence-corrected chi connectivity index (χ0v) is 11.5. The van der Waals surface area contributed by atoms with Crippen molar-refractivity contribution in [3.63, 3.8) is 0 Å². The lowest BCUT2D eigenvalue weighted by Crippen LogP contribution is -2.38. The van der Waals surface area contributed by atoms with Crippen molar-refractivity contribution < 1.29 is 10.2 Å². The van der Waals surface area contributed by atoms with Gasteiger partial charge in [0, 0.05) is 0 Å². The van der Waals surface area contributed by atoms with Gasteiger partial charge in [-0.1, -0.05) is 34.6 Å². The smallest absolute Gasteiger partial charge is 0.0713 e. The lowest BCUT2D eigenvalue weighted by atomic mass is 9.73. The van der Waals surface area contributed by atoms with E-state index in [1.807, 2.05) is 0 Å². The fourth-order valence-corrected chi connectivity index (χ4v) is 2.40. The third kappa shape index (κ3) is 7.20. The second kappa shape index (κ2) is 5.99. The fourth-order valence-electron chi connectivity index (χ4n) is 2.40. The van der Waals surface area contributed by atoms with Gasteiger partial charge < -0.3 is 15.9 Å². The van der Waals surface area contributed by atoms with Crippen LogP contribution < -0.4 is 5.73 Å². The minimum atomic E-state index is -0.593. The third-order valence-corrected chi connectivity index (χ3v) is 2.83. The van der Waals surface area contributed by atoms with Crippen LogP contribution in [0.2, 0.25) is 0 Å². The van der Waals surface area contributed by atoms with Gasteiger partial charge in [0.1, 0.15) is 0 Å². The molecule has 2 atom stereocenters. The van der Waals surface area contributed by atoms with Crippen molar-refractivity contribution >= 4 is 0 Å². The van der Waals surface area contributed by atoms with E-state index in [4.69, 9.17) is 10.8 Å². The Morgan fingerprint density at radius 3 is 2.00 bits per heavy atom. The summed E-state index contributed by atoms with van der Waals surface area (Å²) < 4.78 is 0. The summed E-state index contributed by atoms with van der Waals surface area (Å²) in [5, 5.41) is 18.5. The Balaban J connectivity index is 4.08. The highest BCUT2D eigenvalue weighted by Gasteiger charge is 2.26. The maximum atomic E-state index is 9.69. The van der Waals surface area contributed by atoms with Crippen LogP contribution in [0.15, 0.2) is 0 Å². The maximum Gasteiger partial charge on any atom is 0.0713 e. The molecule has 0 spiro atoms. The number of nitrogens with two attached hydrogens (primary N) is 1. The average Bonchev–Trinajstić information content (AvgIpc) is 2.09. The largest absolute Gasteiger partial charge is 0.395 e. The molecule has 0 bridgehead atoms. The molecule has 0 amide bonds. The van der Waals surface area contributed by atoms with Gasteiger partial charge in [-0.05, 0) is 30.1 Å². The Bertz CT molecular complexity index is 197. The maximum absolute atomic E-state index is 9.69. The van der Waals surface area contributed by atoms with Gasteiger partial charge in [-0.15, -0.1) is 0 Å². The molecule has 0 aliphatic rings. The number of rotatable bonds is 6. The molecule has 0 aromatic carbocycles. The summed E-state index contributed by atoms with van der Waals surface area (Å²) in [4.78, 5) is 0. The molecule has 0 saturated carbocycles. The second-order valence-electron chi connectivity index (χ2n) is 6.85. The van der Waals surface area contributed by atoms with Crippen molar-refractivity contribution in [3.8, 4) is 0 Å². The molecule has 0 aliphatic carbocycles. The number of hydrogen-bond acceptors (Lipinski definition) is 3. The highest BCUT2D eigenvalue weighted by molar-refractivity contribution is 4.79. The van der Waals surface area contributed by atoms with Crippen LogP contribution in [0, 0.1) is 10.8 Å². The Hall–Kier alpha value is -0.120. The van der Waals surface area contributed by atoms with E-state index in [0.717, 1.165) is 12.8 Å². The first-order valence-electron chi connectivity index (χ1n) is 6.12. The minimum Gasteiger partial charge on any atom is -0.395 e. The number of aliphatic hydroxyl groups excluding tert-OH is 2. The molecule has 3 nitrogen and oxygen atoms in total. The van der Waals surface area contributed by atoms with Crippen molar-refractivity contribution in [2.45, 2.75) is 66.0 Å². The summed E-state index contributed by atoms with van der Waals surface area (Å²) >= 11 is 0. The zero-order chi connectivity index (χ0) is 13.0. The summed E-state index contributed by atoms with van der Waals surface area (Å²) in [6, 6.07) is -0.509. The predicted molar refractivity (Wildman–Crippen MR) is 68.2 cm³/mol. The summed E-state index contributed by atoms with van der Waals surface area (Å²) in [6.07, 6.45) is 2.11. The quantitative estimate of drug-likeness (QED) is 0.654. The first kappa shape index (κ1) is 15.9. The van der Waals surface area contributed by atoms with E-state index >= 15 is 0 Å². The van der Waals surface area contributed by atoms with Crippen molar-refractivity contribution in [2.75, 3.05) is 6.61 Å². The zero-order valence-electron chi connectivity index (χ0n) is 11.5. The monoisotopic (exact) mass is 231 g/mol. The normalized spacial score (nSPS) is 17.2. The van der Waals surface area contributed by atoms with Crippen LogP contribution in [0.5, 0.6) is 0 Å². The Morgan fingerprint density at radius 1 is 1.12 bits per heavy atom. The molecule has 0 rings (SSSR count). The van der Waals surface area contributed by atoms with Crippen LogP contribution in [0.3, 0.4) is 0 Å². The molecule has 98 valence electrons. The molecule has 4 N–H and O–H groups in total. The molecule has 3 heteroatoms. The Kier molecular flexibility index (Phi) is 5.94. The van der Waals surface area contributed by atoms with E-state index in [2.05, 4.69) is 34.6 Å². The average molecular weight is 231 g/mol. The SMILES string of the molecule is CC(C)(C)CC(C)(C)CC[C@@H](O)[C@@H](N)CO. The molecule has 0 fully saturated rings. The minimum absolute atomic E-state index is 0.152. The van der Waals surface area contributed by atoms with Crippen LogP contribution >= 0.6 is 0 Å². The summed E-state index contributed by atoms with van der Waals surface area (Å²) in [5.41, 5.74) is 6.08. The summed E-state index contributed by atoms with van der Waals surface area (Å²) in [7, 11) is 0. The standard InChI is InChI=1S/C13H29NO2/c1-12(2,3)9-13(4,5)7-6-11(16)10(14)8-15/h10-11,15-16H,6-9,14H2,1-5H3/t10-,11+/m0/s1. The molecule has 0 unspecified atom stereocenters. The second-order valence-corrected chi connectivity index (χ2v) is 6.85.